The maximum absolute atomic E-state index is 5.85. The lowest BCUT2D eigenvalue weighted by Crippen LogP contribution is -2.45. The van der Waals surface area contributed by atoms with E-state index in [-0.39, 0.29) is 0 Å². The van der Waals surface area contributed by atoms with Crippen molar-refractivity contribution in [3.8, 4) is 0 Å². The van der Waals surface area contributed by atoms with E-state index in [1.54, 1.807) is 11.0 Å². The predicted molar refractivity (Wildman–Crippen MR) is 88.3 cm³/mol. The summed E-state index contributed by atoms with van der Waals surface area (Å²) in [5, 5.41) is 4.07. The van der Waals surface area contributed by atoms with Crippen molar-refractivity contribution in [2.45, 2.75) is 59.0 Å². The molecule has 2 N–H and O–H groups in total. The average Bonchev–Trinajstić information content (AvgIpc) is 2.89. The molecule has 0 atom stereocenters. The number of hydrogen-bond acceptors (Lipinski definition) is 6. The van der Waals surface area contributed by atoms with Gasteiger partial charge in [0.15, 0.2) is 0 Å². The molecule has 1 aromatic heterocycles. The van der Waals surface area contributed by atoms with E-state index in [1.807, 2.05) is 20.8 Å². The highest BCUT2D eigenvalue weighted by molar-refractivity contribution is 6.60. The number of aromatic nitrogens is 3. The average molecular weight is 331 g/mol. The molecule has 0 aliphatic carbocycles. The number of nitrogens with zero attached hydrogens (tertiary/aromatic N) is 3. The number of anilines is 1. The third kappa shape index (κ3) is 6.86. The normalized spacial score (nSPS) is 12.0. The zero-order valence-corrected chi connectivity index (χ0v) is 15.1. The SMILES string of the molecule is CCO[Si](CCCCCCn1cnc(N)n1)(OCC)OCC. The summed E-state index contributed by atoms with van der Waals surface area (Å²) in [6.07, 6.45) is 6.06. The summed E-state index contributed by atoms with van der Waals surface area (Å²) in [5.74, 6) is 0.334. The van der Waals surface area contributed by atoms with Gasteiger partial charge in [-0.05, 0) is 33.6 Å². The molecule has 0 fully saturated rings. The van der Waals surface area contributed by atoms with E-state index < -0.39 is 8.80 Å². The first-order valence-electron chi connectivity index (χ1n) is 8.22. The molecule has 1 aromatic rings. The van der Waals surface area contributed by atoms with Crippen molar-refractivity contribution in [1.82, 2.24) is 14.8 Å². The molecule has 0 bridgehead atoms. The van der Waals surface area contributed by atoms with E-state index in [2.05, 4.69) is 10.1 Å². The Hall–Kier alpha value is -0.963. The topological polar surface area (TPSA) is 84.4 Å². The summed E-state index contributed by atoms with van der Waals surface area (Å²) in [4.78, 5) is 3.91. The van der Waals surface area contributed by atoms with Crippen molar-refractivity contribution in [1.29, 1.82) is 0 Å². The number of nitrogens with two attached hydrogens (primary N) is 1. The first-order valence-corrected chi connectivity index (χ1v) is 10.2. The fraction of sp³-hybridized carbons (Fsp3) is 0.857. The maximum atomic E-state index is 5.85. The second kappa shape index (κ2) is 10.7. The standard InChI is InChI=1S/C14H30N4O3Si/c1-4-19-22(20-5-2,21-6-3)12-10-8-7-9-11-18-13-16-14(15)17-18/h13H,4-12H2,1-3H3,(H2,15,17). The molecule has 7 nitrogen and oxygen atoms in total. The molecule has 8 heteroatoms. The van der Waals surface area contributed by atoms with Gasteiger partial charge in [-0.25, -0.2) is 4.98 Å². The van der Waals surface area contributed by atoms with Crippen LogP contribution in [0.2, 0.25) is 6.04 Å². The molecule has 0 aromatic carbocycles. The van der Waals surface area contributed by atoms with Crippen LogP contribution in [0.1, 0.15) is 46.5 Å². The van der Waals surface area contributed by atoms with Crippen LogP contribution in [0.15, 0.2) is 6.33 Å². The summed E-state index contributed by atoms with van der Waals surface area (Å²) in [7, 11) is -2.46. The molecular formula is C14H30N4O3Si. The maximum Gasteiger partial charge on any atom is 0.500 e. The summed E-state index contributed by atoms with van der Waals surface area (Å²) in [6, 6.07) is 0.888. The Morgan fingerprint density at radius 1 is 1.00 bits per heavy atom. The third-order valence-corrected chi connectivity index (χ3v) is 6.42. The number of aryl methyl sites for hydroxylation is 1. The zero-order valence-electron chi connectivity index (χ0n) is 14.1. The quantitative estimate of drug-likeness (QED) is 0.442. The highest BCUT2D eigenvalue weighted by Crippen LogP contribution is 2.20. The second-order valence-electron chi connectivity index (χ2n) is 5.01. The summed E-state index contributed by atoms with van der Waals surface area (Å²) >= 11 is 0. The lowest BCUT2D eigenvalue weighted by molar-refractivity contribution is 0.0706. The molecule has 0 saturated carbocycles. The van der Waals surface area contributed by atoms with E-state index >= 15 is 0 Å². The largest absolute Gasteiger partial charge is 0.500 e. The number of hydrogen-bond donors (Lipinski definition) is 1. The lowest BCUT2D eigenvalue weighted by Gasteiger charge is -2.28. The highest BCUT2D eigenvalue weighted by atomic mass is 28.4. The number of nitrogen functional groups attached to an aromatic ring is 1. The molecule has 22 heavy (non-hydrogen) atoms. The van der Waals surface area contributed by atoms with Gasteiger partial charge in [0.1, 0.15) is 6.33 Å². The van der Waals surface area contributed by atoms with E-state index in [9.17, 15) is 0 Å². The predicted octanol–water partition coefficient (Wildman–Crippen LogP) is 2.47. The van der Waals surface area contributed by atoms with Gasteiger partial charge in [-0.15, -0.1) is 5.10 Å². The monoisotopic (exact) mass is 330 g/mol. The van der Waals surface area contributed by atoms with Crippen LogP contribution in [-0.4, -0.2) is 43.4 Å². The minimum atomic E-state index is -2.46. The Kier molecular flexibility index (Phi) is 9.29. The first kappa shape index (κ1) is 19.1. The summed E-state index contributed by atoms with van der Waals surface area (Å²) < 4.78 is 19.3. The van der Waals surface area contributed by atoms with Crippen LogP contribution < -0.4 is 5.73 Å². The molecule has 0 aliphatic heterocycles. The second-order valence-corrected chi connectivity index (χ2v) is 7.74. The molecule has 0 unspecified atom stereocenters. The van der Waals surface area contributed by atoms with Gasteiger partial charge in [0.25, 0.3) is 0 Å². The van der Waals surface area contributed by atoms with Crippen molar-refractivity contribution >= 4 is 14.8 Å². The lowest BCUT2D eigenvalue weighted by atomic mass is 10.2. The van der Waals surface area contributed by atoms with Crippen LogP contribution in [0.4, 0.5) is 5.95 Å². The van der Waals surface area contributed by atoms with Crippen molar-refractivity contribution in [2.75, 3.05) is 25.6 Å². The van der Waals surface area contributed by atoms with Crippen LogP contribution in [0.25, 0.3) is 0 Å². The summed E-state index contributed by atoms with van der Waals surface area (Å²) in [5.41, 5.74) is 5.48. The van der Waals surface area contributed by atoms with E-state index in [0.717, 1.165) is 38.3 Å². The first-order chi connectivity index (χ1) is 10.7. The van der Waals surface area contributed by atoms with Gasteiger partial charge in [-0.3, -0.25) is 4.68 Å². The fourth-order valence-electron chi connectivity index (χ4n) is 2.39. The molecule has 0 amide bonds. The van der Waals surface area contributed by atoms with E-state index in [0.29, 0.717) is 25.8 Å². The Morgan fingerprint density at radius 2 is 1.59 bits per heavy atom. The van der Waals surface area contributed by atoms with Crippen LogP contribution in [0, 0.1) is 0 Å². The fourth-order valence-corrected chi connectivity index (χ4v) is 5.07. The Morgan fingerprint density at radius 3 is 2.09 bits per heavy atom. The number of rotatable bonds is 13. The van der Waals surface area contributed by atoms with Gasteiger partial charge in [-0.2, -0.15) is 0 Å². The van der Waals surface area contributed by atoms with Crippen molar-refractivity contribution in [3.63, 3.8) is 0 Å². The molecular weight excluding hydrogens is 300 g/mol. The Bertz CT molecular complexity index is 386. The zero-order chi connectivity index (χ0) is 16.3. The van der Waals surface area contributed by atoms with Crippen molar-refractivity contribution in [3.05, 3.63) is 6.33 Å². The van der Waals surface area contributed by atoms with Crippen LogP contribution in [0.5, 0.6) is 0 Å². The highest BCUT2D eigenvalue weighted by Gasteiger charge is 2.39. The van der Waals surface area contributed by atoms with Crippen molar-refractivity contribution in [2.24, 2.45) is 0 Å². The van der Waals surface area contributed by atoms with E-state index in [1.165, 1.54) is 0 Å². The van der Waals surface area contributed by atoms with Crippen LogP contribution in [-0.2, 0) is 19.8 Å². The molecule has 0 saturated heterocycles. The smallest absolute Gasteiger partial charge is 0.374 e. The molecule has 1 rings (SSSR count). The van der Waals surface area contributed by atoms with Gasteiger partial charge >= 0.3 is 8.80 Å². The third-order valence-electron chi connectivity index (χ3n) is 3.27. The van der Waals surface area contributed by atoms with Crippen LogP contribution >= 0.6 is 0 Å². The molecule has 1 heterocycles. The molecule has 128 valence electrons. The number of unbranched alkanes of at least 4 members (excludes halogenated alkanes) is 3. The minimum absolute atomic E-state index is 0.334. The van der Waals surface area contributed by atoms with Crippen molar-refractivity contribution < 1.29 is 13.3 Å². The Labute approximate surface area is 134 Å². The van der Waals surface area contributed by atoms with Gasteiger partial charge in [0.05, 0.1) is 0 Å². The molecule has 0 radical (unpaired) electrons. The molecule has 0 aliphatic rings. The van der Waals surface area contributed by atoms with Gasteiger partial charge in [0, 0.05) is 32.4 Å². The summed E-state index contributed by atoms with van der Waals surface area (Å²) in [6.45, 7) is 8.74. The molecule has 0 spiro atoms. The van der Waals surface area contributed by atoms with E-state index in [4.69, 9.17) is 19.0 Å². The van der Waals surface area contributed by atoms with Gasteiger partial charge in [-0.1, -0.05) is 12.8 Å². The Balaban J connectivity index is 2.23. The van der Waals surface area contributed by atoms with Gasteiger partial charge in [0.2, 0.25) is 5.95 Å². The minimum Gasteiger partial charge on any atom is -0.374 e. The van der Waals surface area contributed by atoms with Gasteiger partial charge < -0.3 is 19.0 Å². The van der Waals surface area contributed by atoms with Crippen LogP contribution in [0.3, 0.4) is 0 Å².